The molecule has 244 valence electrons. The van der Waals surface area contributed by atoms with Crippen LogP contribution in [0.5, 0.6) is 0 Å². The van der Waals surface area contributed by atoms with Gasteiger partial charge in [-0.3, -0.25) is 0 Å². The Bertz CT molecular complexity index is 2040. The van der Waals surface area contributed by atoms with Gasteiger partial charge in [0, 0.05) is 22.3 Å². The van der Waals surface area contributed by atoms with Gasteiger partial charge in [-0.1, -0.05) is 48.5 Å². The van der Waals surface area contributed by atoms with Crippen LogP contribution in [-0.2, 0) is 13.1 Å². The molecule has 2 heterocycles. The zero-order valence-corrected chi connectivity index (χ0v) is 27.4. The summed E-state index contributed by atoms with van der Waals surface area (Å²) in [7, 11) is 0. The maximum Gasteiger partial charge on any atom is 0.194 e. The first-order valence-corrected chi connectivity index (χ1v) is 16.0. The number of hydrogen-bond acceptors (Lipinski definition) is 0. The molecule has 0 unspecified atom stereocenters. The van der Waals surface area contributed by atoms with Gasteiger partial charge in [-0.05, 0) is 106 Å². The smallest absolute Gasteiger partial charge is 0.194 e. The molecule has 6 aromatic rings. The summed E-state index contributed by atoms with van der Waals surface area (Å²) in [4.78, 5) is 0. The molecule has 1 spiro atoms. The molecular formula is C40H30BrF6N. The van der Waals surface area contributed by atoms with E-state index in [0.717, 1.165) is 107 Å². The second-order valence-corrected chi connectivity index (χ2v) is 13.0. The van der Waals surface area contributed by atoms with Gasteiger partial charge in [-0.2, -0.15) is 0 Å². The van der Waals surface area contributed by atoms with Crippen molar-refractivity contribution in [3.05, 3.63) is 131 Å². The summed E-state index contributed by atoms with van der Waals surface area (Å²) in [6.07, 6.45) is 4.07. The molecule has 0 atom stereocenters. The van der Waals surface area contributed by atoms with Gasteiger partial charge < -0.3 is 21.5 Å². The van der Waals surface area contributed by atoms with Crippen molar-refractivity contribution in [3.63, 3.8) is 0 Å². The van der Waals surface area contributed by atoms with Crippen molar-refractivity contribution in [1.82, 2.24) is 0 Å². The molecule has 1 fully saturated rings. The molecular weight excluding hydrogens is 688 g/mol. The van der Waals surface area contributed by atoms with Crippen LogP contribution in [0.2, 0.25) is 0 Å². The molecule has 0 bridgehead atoms. The highest BCUT2D eigenvalue weighted by Gasteiger charge is 2.38. The summed E-state index contributed by atoms with van der Waals surface area (Å²) in [5.41, 5.74) is 5.21. The lowest BCUT2D eigenvalue weighted by Gasteiger charge is -2.38. The van der Waals surface area contributed by atoms with E-state index < -0.39 is 34.9 Å². The zero-order valence-electron chi connectivity index (χ0n) is 25.8. The van der Waals surface area contributed by atoms with E-state index in [1.165, 1.54) is 0 Å². The summed E-state index contributed by atoms with van der Waals surface area (Å²) >= 11 is 0. The van der Waals surface area contributed by atoms with Gasteiger partial charge in [-0.25, -0.2) is 26.3 Å². The molecule has 1 saturated heterocycles. The first-order chi connectivity index (χ1) is 22.7. The molecule has 0 saturated carbocycles. The number of rotatable bonds is 2. The van der Waals surface area contributed by atoms with Crippen LogP contribution >= 0.6 is 0 Å². The molecule has 0 amide bonds. The van der Waals surface area contributed by atoms with Crippen molar-refractivity contribution in [2.45, 2.75) is 38.8 Å². The molecule has 8 heteroatoms. The van der Waals surface area contributed by atoms with Crippen LogP contribution in [0.1, 0.15) is 36.8 Å². The van der Waals surface area contributed by atoms with E-state index in [-0.39, 0.29) is 28.1 Å². The monoisotopic (exact) mass is 717 g/mol. The van der Waals surface area contributed by atoms with Crippen molar-refractivity contribution in [2.75, 3.05) is 13.1 Å². The van der Waals surface area contributed by atoms with Crippen molar-refractivity contribution < 1.29 is 47.8 Å². The van der Waals surface area contributed by atoms with Crippen LogP contribution in [0.25, 0.3) is 54.9 Å². The zero-order chi connectivity index (χ0) is 32.4. The van der Waals surface area contributed by atoms with E-state index in [1.54, 1.807) is 0 Å². The largest absolute Gasteiger partial charge is 1.00 e. The summed E-state index contributed by atoms with van der Waals surface area (Å²) in [6, 6.07) is 23.7. The van der Waals surface area contributed by atoms with Crippen molar-refractivity contribution in [3.8, 4) is 33.4 Å². The molecule has 6 aromatic carbocycles. The van der Waals surface area contributed by atoms with Crippen LogP contribution in [0, 0.1) is 34.9 Å². The number of hydrogen-bond donors (Lipinski definition) is 0. The second-order valence-electron chi connectivity index (χ2n) is 13.0. The van der Waals surface area contributed by atoms with E-state index in [4.69, 9.17) is 0 Å². The third-order valence-corrected chi connectivity index (χ3v) is 10.2. The number of benzene rings is 6. The van der Waals surface area contributed by atoms with Gasteiger partial charge in [-0.15, -0.1) is 0 Å². The van der Waals surface area contributed by atoms with E-state index in [0.29, 0.717) is 28.7 Å². The molecule has 48 heavy (non-hydrogen) atoms. The summed E-state index contributed by atoms with van der Waals surface area (Å²) in [5, 5.41) is 3.50. The third-order valence-electron chi connectivity index (χ3n) is 10.2. The SMILES string of the molecule is Fc1cc(-c2cc3ccccc3c3c2C[N+]2(CCCCCC2)Cc2c(-c4cc(F)c(F)c(F)c4)cc4ccccc4c2-3)cc(F)c1F.[Br-]. The van der Waals surface area contributed by atoms with Crippen LogP contribution in [0.4, 0.5) is 26.3 Å². The molecule has 8 rings (SSSR count). The lowest BCUT2D eigenvalue weighted by molar-refractivity contribution is -0.952. The Labute approximate surface area is 284 Å². The molecule has 2 aliphatic rings. The fraction of sp³-hybridized carbons (Fsp3) is 0.200. The van der Waals surface area contributed by atoms with Crippen LogP contribution < -0.4 is 17.0 Å². The maximum atomic E-state index is 14.8. The van der Waals surface area contributed by atoms with Crippen molar-refractivity contribution >= 4 is 21.5 Å². The highest BCUT2D eigenvalue weighted by atomic mass is 79.9. The Morgan fingerprint density at radius 1 is 0.458 bits per heavy atom. The van der Waals surface area contributed by atoms with Crippen LogP contribution in [-0.4, -0.2) is 17.6 Å². The van der Waals surface area contributed by atoms with Crippen LogP contribution in [0.3, 0.4) is 0 Å². The van der Waals surface area contributed by atoms with Gasteiger partial charge in [0.25, 0.3) is 0 Å². The van der Waals surface area contributed by atoms with E-state index in [9.17, 15) is 26.3 Å². The van der Waals surface area contributed by atoms with E-state index in [1.807, 2.05) is 60.7 Å². The van der Waals surface area contributed by atoms with Gasteiger partial charge in [0.15, 0.2) is 34.9 Å². The summed E-state index contributed by atoms with van der Waals surface area (Å²) in [6.45, 7) is 2.72. The van der Waals surface area contributed by atoms with E-state index in [2.05, 4.69) is 0 Å². The Morgan fingerprint density at radius 3 is 1.23 bits per heavy atom. The number of fused-ring (bicyclic) bond motifs is 7. The normalized spacial score (nSPS) is 15.5. The average Bonchev–Trinajstić information content (AvgIpc) is 3.39. The lowest BCUT2D eigenvalue weighted by Crippen LogP contribution is -3.00. The Balaban J connectivity index is 0.00000364. The Kier molecular flexibility index (Phi) is 8.36. The minimum Gasteiger partial charge on any atom is -1.00 e. The van der Waals surface area contributed by atoms with Crippen molar-refractivity contribution in [1.29, 1.82) is 0 Å². The van der Waals surface area contributed by atoms with Gasteiger partial charge >= 0.3 is 0 Å². The standard InChI is InChI=1S/C40H30F6N.BrH/c41-33-17-25(18-34(42)39(33)45)29-15-23-9-3-5-11-27(23)37-31(29)21-47(13-7-1-2-8-14-47)22-32-30(26-19-35(43)40(46)36(44)20-26)16-24-10-4-6-12-28(24)38(32)37;/h3-6,9-12,15-20H,1-2,7-8,13-14,21-22H2;1H/q+1;/p-1. The molecule has 0 N–H and O–H groups in total. The van der Waals surface area contributed by atoms with Crippen LogP contribution in [0.15, 0.2) is 84.9 Å². The fourth-order valence-electron chi connectivity index (χ4n) is 8.02. The first-order valence-electron chi connectivity index (χ1n) is 16.0. The van der Waals surface area contributed by atoms with Crippen molar-refractivity contribution in [2.24, 2.45) is 0 Å². The number of quaternary nitrogens is 1. The van der Waals surface area contributed by atoms with Gasteiger partial charge in [0.2, 0.25) is 0 Å². The fourth-order valence-corrected chi connectivity index (χ4v) is 8.02. The quantitative estimate of drug-likeness (QED) is 0.0962. The predicted octanol–water partition coefficient (Wildman–Crippen LogP) is 8.24. The average molecular weight is 719 g/mol. The minimum atomic E-state index is -1.52. The van der Waals surface area contributed by atoms with E-state index >= 15 is 0 Å². The summed E-state index contributed by atoms with van der Waals surface area (Å²) in [5.74, 6) is -8.08. The minimum absolute atomic E-state index is 0. The Morgan fingerprint density at radius 2 is 0.833 bits per heavy atom. The predicted molar refractivity (Wildman–Crippen MR) is 173 cm³/mol. The number of halogens is 7. The molecule has 1 nitrogen and oxygen atoms in total. The molecule has 0 radical (unpaired) electrons. The first kappa shape index (κ1) is 32.4. The van der Waals surface area contributed by atoms with Gasteiger partial charge in [0.1, 0.15) is 13.1 Å². The van der Waals surface area contributed by atoms with Gasteiger partial charge in [0.05, 0.1) is 13.1 Å². The molecule has 0 aliphatic carbocycles. The molecule has 2 aliphatic heterocycles. The molecule has 0 aromatic heterocycles. The highest BCUT2D eigenvalue weighted by Crippen LogP contribution is 2.50. The highest BCUT2D eigenvalue weighted by molar-refractivity contribution is 6.11. The summed E-state index contributed by atoms with van der Waals surface area (Å²) < 4.78 is 88.4. The lowest BCUT2D eigenvalue weighted by atomic mass is 9.82. The number of nitrogens with zero attached hydrogens (tertiary/aromatic N) is 1. The topological polar surface area (TPSA) is 0 Å². The maximum absolute atomic E-state index is 14.8. The Hall–Kier alpha value is -4.14. The third kappa shape index (κ3) is 5.30. The second kappa shape index (κ2) is 12.4.